The Morgan fingerprint density at radius 3 is 2.64 bits per heavy atom. The van der Waals surface area contributed by atoms with Crippen LogP contribution in [0, 0.1) is 6.92 Å². The van der Waals surface area contributed by atoms with Crippen LogP contribution in [0.5, 0.6) is 0 Å². The third-order valence-corrected chi connectivity index (χ3v) is 3.35. The van der Waals surface area contributed by atoms with E-state index in [1.807, 2.05) is 45.3 Å². The summed E-state index contributed by atoms with van der Waals surface area (Å²) >= 11 is 0. The Morgan fingerprint density at radius 2 is 2.00 bits per heavy atom. The molecule has 114 valence electrons. The highest BCUT2D eigenvalue weighted by Gasteiger charge is 2.12. The summed E-state index contributed by atoms with van der Waals surface area (Å²) in [6.45, 7) is 3.78. The maximum absolute atomic E-state index is 12.3. The van der Waals surface area contributed by atoms with E-state index in [-0.39, 0.29) is 11.1 Å². The SMILES string of the molecule is C/C(=C\C(=O)c1nn(-c2cccc(C)c2)ccc1=O)N(C)C. The van der Waals surface area contributed by atoms with E-state index in [4.69, 9.17) is 0 Å². The molecule has 0 radical (unpaired) electrons. The third kappa shape index (κ3) is 3.49. The first-order valence-electron chi connectivity index (χ1n) is 6.95. The number of hydrogen-bond donors (Lipinski definition) is 0. The summed E-state index contributed by atoms with van der Waals surface area (Å²) < 4.78 is 1.54. The largest absolute Gasteiger partial charge is 0.381 e. The van der Waals surface area contributed by atoms with Crippen molar-refractivity contribution in [3.63, 3.8) is 0 Å². The molecule has 2 rings (SSSR count). The first kappa shape index (κ1) is 15.7. The van der Waals surface area contributed by atoms with Crippen LogP contribution in [-0.2, 0) is 0 Å². The average molecular weight is 297 g/mol. The van der Waals surface area contributed by atoms with Crippen molar-refractivity contribution in [3.8, 4) is 5.69 Å². The first-order valence-corrected chi connectivity index (χ1v) is 6.95. The lowest BCUT2D eigenvalue weighted by atomic mass is 10.2. The van der Waals surface area contributed by atoms with Crippen LogP contribution in [-0.4, -0.2) is 34.6 Å². The molecular formula is C17H19N3O2. The summed E-state index contributed by atoms with van der Waals surface area (Å²) in [5, 5.41) is 4.19. The van der Waals surface area contributed by atoms with Gasteiger partial charge in [-0.2, -0.15) is 5.10 Å². The standard InChI is InChI=1S/C17H19N3O2/c1-12-6-5-7-14(10-12)20-9-8-15(21)17(18-20)16(22)11-13(2)19(3)4/h5-11H,1-4H3/b13-11+. The highest BCUT2D eigenvalue weighted by molar-refractivity contribution is 6.03. The zero-order chi connectivity index (χ0) is 16.3. The second-order valence-corrected chi connectivity index (χ2v) is 5.36. The molecule has 5 nitrogen and oxygen atoms in total. The highest BCUT2D eigenvalue weighted by Crippen LogP contribution is 2.08. The fourth-order valence-corrected chi connectivity index (χ4v) is 1.88. The van der Waals surface area contributed by atoms with Crippen LogP contribution in [0.25, 0.3) is 5.69 Å². The van der Waals surface area contributed by atoms with E-state index in [1.54, 1.807) is 22.7 Å². The van der Waals surface area contributed by atoms with Crippen LogP contribution < -0.4 is 5.43 Å². The molecule has 1 heterocycles. The van der Waals surface area contributed by atoms with Gasteiger partial charge in [0.1, 0.15) is 0 Å². The van der Waals surface area contributed by atoms with Gasteiger partial charge < -0.3 is 4.90 Å². The molecule has 0 saturated carbocycles. The quantitative estimate of drug-likeness (QED) is 0.641. The summed E-state index contributed by atoms with van der Waals surface area (Å²) in [6, 6.07) is 9.05. The van der Waals surface area contributed by atoms with Gasteiger partial charge in [-0.3, -0.25) is 9.59 Å². The molecule has 2 aromatic rings. The number of hydrogen-bond acceptors (Lipinski definition) is 4. The normalized spacial score (nSPS) is 11.4. The topological polar surface area (TPSA) is 55.2 Å². The number of benzene rings is 1. The zero-order valence-corrected chi connectivity index (χ0v) is 13.2. The molecule has 0 atom stereocenters. The van der Waals surface area contributed by atoms with E-state index in [0.29, 0.717) is 0 Å². The molecule has 0 amide bonds. The Balaban J connectivity index is 2.46. The molecule has 5 heteroatoms. The van der Waals surface area contributed by atoms with Crippen LogP contribution in [0.4, 0.5) is 0 Å². The number of ketones is 1. The van der Waals surface area contributed by atoms with Crippen LogP contribution >= 0.6 is 0 Å². The van der Waals surface area contributed by atoms with Crippen molar-refractivity contribution in [1.29, 1.82) is 0 Å². The van der Waals surface area contributed by atoms with Crippen LogP contribution in [0.1, 0.15) is 23.0 Å². The minimum Gasteiger partial charge on any atom is -0.381 e. The van der Waals surface area contributed by atoms with Gasteiger partial charge in [0.2, 0.25) is 11.2 Å². The predicted octanol–water partition coefficient (Wildman–Crippen LogP) is 2.19. The van der Waals surface area contributed by atoms with E-state index in [1.165, 1.54) is 12.1 Å². The van der Waals surface area contributed by atoms with Crippen molar-refractivity contribution in [1.82, 2.24) is 14.7 Å². The van der Waals surface area contributed by atoms with Gasteiger partial charge in [-0.1, -0.05) is 12.1 Å². The van der Waals surface area contributed by atoms with Crippen molar-refractivity contribution in [3.05, 3.63) is 69.8 Å². The van der Waals surface area contributed by atoms with E-state index >= 15 is 0 Å². The van der Waals surface area contributed by atoms with Crippen molar-refractivity contribution in [2.24, 2.45) is 0 Å². The fraction of sp³-hybridized carbons (Fsp3) is 0.235. The minimum atomic E-state index is -0.391. The van der Waals surface area contributed by atoms with Gasteiger partial charge in [0.15, 0.2) is 5.69 Å². The number of aryl methyl sites for hydroxylation is 1. The van der Waals surface area contributed by atoms with Gasteiger partial charge in [0.05, 0.1) is 5.69 Å². The number of nitrogens with zero attached hydrogens (tertiary/aromatic N) is 3. The highest BCUT2D eigenvalue weighted by atomic mass is 16.1. The number of carbonyl (C=O) groups excluding carboxylic acids is 1. The molecule has 0 fully saturated rings. The third-order valence-electron chi connectivity index (χ3n) is 3.35. The predicted molar refractivity (Wildman–Crippen MR) is 86.3 cm³/mol. The van der Waals surface area contributed by atoms with Crippen molar-refractivity contribution in [2.75, 3.05) is 14.1 Å². The fourth-order valence-electron chi connectivity index (χ4n) is 1.88. The van der Waals surface area contributed by atoms with Crippen LogP contribution in [0.2, 0.25) is 0 Å². The molecule has 0 aliphatic carbocycles. The minimum absolute atomic E-state index is 0.0785. The lowest BCUT2D eigenvalue weighted by Crippen LogP contribution is -2.20. The summed E-state index contributed by atoms with van der Waals surface area (Å²) in [4.78, 5) is 26.0. The van der Waals surface area contributed by atoms with Gasteiger partial charge >= 0.3 is 0 Å². The summed E-state index contributed by atoms with van der Waals surface area (Å²) in [5.74, 6) is -0.391. The number of allylic oxidation sites excluding steroid dienone is 2. The zero-order valence-electron chi connectivity index (χ0n) is 13.2. The average Bonchev–Trinajstić information content (AvgIpc) is 2.47. The van der Waals surface area contributed by atoms with E-state index in [0.717, 1.165) is 16.9 Å². The number of aromatic nitrogens is 2. The molecule has 1 aromatic heterocycles. The molecule has 0 aliphatic heterocycles. The second-order valence-electron chi connectivity index (χ2n) is 5.36. The number of carbonyl (C=O) groups is 1. The Hall–Kier alpha value is -2.69. The second kappa shape index (κ2) is 6.39. The van der Waals surface area contributed by atoms with Crippen molar-refractivity contribution < 1.29 is 4.79 Å². The van der Waals surface area contributed by atoms with E-state index < -0.39 is 5.78 Å². The van der Waals surface area contributed by atoms with Gasteiger partial charge in [-0.25, -0.2) is 4.68 Å². The Labute approximate surface area is 129 Å². The van der Waals surface area contributed by atoms with Gasteiger partial charge in [-0.15, -0.1) is 0 Å². The maximum atomic E-state index is 12.3. The molecule has 22 heavy (non-hydrogen) atoms. The molecule has 0 N–H and O–H groups in total. The maximum Gasteiger partial charge on any atom is 0.211 e. The van der Waals surface area contributed by atoms with Crippen LogP contribution in [0.15, 0.2) is 53.1 Å². The summed E-state index contributed by atoms with van der Waals surface area (Å²) in [6.07, 6.45) is 2.99. The first-order chi connectivity index (χ1) is 10.4. The summed E-state index contributed by atoms with van der Waals surface area (Å²) in [7, 11) is 3.67. The molecule has 0 unspecified atom stereocenters. The van der Waals surface area contributed by atoms with Crippen molar-refractivity contribution >= 4 is 5.78 Å². The lowest BCUT2D eigenvalue weighted by Gasteiger charge is -2.12. The molecular weight excluding hydrogens is 278 g/mol. The van der Waals surface area contributed by atoms with Gasteiger partial charge in [-0.05, 0) is 31.5 Å². The van der Waals surface area contributed by atoms with E-state index in [9.17, 15) is 9.59 Å². The Morgan fingerprint density at radius 1 is 1.27 bits per heavy atom. The lowest BCUT2D eigenvalue weighted by molar-refractivity contribution is 0.103. The summed E-state index contributed by atoms with van der Waals surface area (Å²) in [5.41, 5.74) is 2.19. The Bertz CT molecular complexity index is 788. The molecule has 0 spiro atoms. The molecule has 0 bridgehead atoms. The van der Waals surface area contributed by atoms with Crippen molar-refractivity contribution in [2.45, 2.75) is 13.8 Å². The smallest absolute Gasteiger partial charge is 0.211 e. The monoisotopic (exact) mass is 297 g/mol. The molecule has 0 aliphatic rings. The van der Waals surface area contributed by atoms with E-state index in [2.05, 4.69) is 5.10 Å². The van der Waals surface area contributed by atoms with Gasteiger partial charge in [0.25, 0.3) is 0 Å². The molecule has 0 saturated heterocycles. The Kier molecular flexibility index (Phi) is 4.56. The molecule has 1 aromatic carbocycles. The number of rotatable bonds is 4. The van der Waals surface area contributed by atoms with Gasteiger partial charge in [0, 0.05) is 38.1 Å². The van der Waals surface area contributed by atoms with Crippen LogP contribution in [0.3, 0.4) is 0 Å².